The smallest absolute Gasteiger partial charge is 0.318 e. The third-order valence-electron chi connectivity index (χ3n) is 2.10. The second-order valence-corrected chi connectivity index (χ2v) is 4.48. The van der Waals surface area contributed by atoms with Gasteiger partial charge in [-0.05, 0) is 29.5 Å². The van der Waals surface area contributed by atoms with Gasteiger partial charge in [0.15, 0.2) is 0 Å². The van der Waals surface area contributed by atoms with Crippen LogP contribution in [0.1, 0.15) is 0 Å². The molecule has 9 heteroatoms. The molecule has 3 N–H and O–H groups in total. The number of urea groups is 1. The van der Waals surface area contributed by atoms with Gasteiger partial charge in [0, 0.05) is 10.0 Å². The van der Waals surface area contributed by atoms with Crippen molar-refractivity contribution in [3.63, 3.8) is 0 Å². The summed E-state index contributed by atoms with van der Waals surface area (Å²) in [5.41, 5.74) is 5.58. The van der Waals surface area contributed by atoms with Crippen LogP contribution >= 0.6 is 15.9 Å². The highest BCUT2D eigenvalue weighted by Crippen LogP contribution is 2.17. The molecule has 0 saturated heterocycles. The van der Waals surface area contributed by atoms with E-state index in [1.54, 1.807) is 0 Å². The van der Waals surface area contributed by atoms with Gasteiger partial charge in [-0.15, -0.1) is 10.2 Å². The lowest BCUT2D eigenvalue weighted by molar-refractivity contribution is -0.120. The molecule has 0 fully saturated rings. The fourth-order valence-corrected chi connectivity index (χ4v) is 1.59. The van der Waals surface area contributed by atoms with Crippen molar-refractivity contribution in [1.82, 2.24) is 25.5 Å². The number of carbonyl (C=O) groups excluding carboxylic acids is 2. The summed E-state index contributed by atoms with van der Waals surface area (Å²) in [6, 6.07) is 6.40. The number of nitrogens with two attached hydrogens (primary N) is 1. The minimum absolute atomic E-state index is 0.230. The first-order valence-electron chi connectivity index (χ1n) is 5.17. The molecular weight excluding hydrogens is 316 g/mol. The zero-order valence-electron chi connectivity index (χ0n) is 9.58. The van der Waals surface area contributed by atoms with Crippen molar-refractivity contribution < 1.29 is 9.59 Å². The predicted octanol–water partition coefficient (Wildman–Crippen LogP) is 0.298. The summed E-state index contributed by atoms with van der Waals surface area (Å²) >= 11 is 3.32. The molecule has 3 amide bonds. The quantitative estimate of drug-likeness (QED) is 0.842. The van der Waals surface area contributed by atoms with E-state index in [0.29, 0.717) is 5.82 Å². The van der Waals surface area contributed by atoms with Crippen molar-refractivity contribution in [2.75, 3.05) is 0 Å². The minimum atomic E-state index is -0.918. The second kappa shape index (κ2) is 5.57. The maximum absolute atomic E-state index is 11.3. The highest BCUT2D eigenvalue weighted by atomic mass is 79.9. The Morgan fingerprint density at radius 2 is 2.00 bits per heavy atom. The van der Waals surface area contributed by atoms with Crippen LogP contribution in [-0.4, -0.2) is 32.1 Å². The standard InChI is InChI=1S/C10H9BrN6O2/c11-7-3-1-6(2-4-7)9-14-16-17(15-9)5-8(18)13-10(12)19/h1-4H,5H2,(H3,12,13,18,19). The number of amides is 3. The van der Waals surface area contributed by atoms with Crippen molar-refractivity contribution in [3.8, 4) is 11.4 Å². The van der Waals surface area contributed by atoms with Gasteiger partial charge in [-0.2, -0.15) is 4.80 Å². The molecule has 0 radical (unpaired) electrons. The van der Waals surface area contributed by atoms with Crippen molar-refractivity contribution in [2.24, 2.45) is 5.73 Å². The van der Waals surface area contributed by atoms with Crippen LogP contribution in [0.15, 0.2) is 28.7 Å². The van der Waals surface area contributed by atoms with E-state index in [2.05, 4.69) is 31.3 Å². The highest BCUT2D eigenvalue weighted by molar-refractivity contribution is 9.10. The molecule has 0 saturated carbocycles. The molecule has 1 heterocycles. The Kier molecular flexibility index (Phi) is 3.85. The third-order valence-corrected chi connectivity index (χ3v) is 2.63. The molecule has 19 heavy (non-hydrogen) atoms. The van der Waals surface area contributed by atoms with Gasteiger partial charge in [-0.3, -0.25) is 10.1 Å². The van der Waals surface area contributed by atoms with E-state index >= 15 is 0 Å². The maximum atomic E-state index is 11.3. The molecule has 0 aliphatic carbocycles. The van der Waals surface area contributed by atoms with Gasteiger partial charge < -0.3 is 5.73 Å². The van der Waals surface area contributed by atoms with Crippen molar-refractivity contribution in [3.05, 3.63) is 28.7 Å². The minimum Gasteiger partial charge on any atom is -0.351 e. The molecule has 1 aromatic carbocycles. The lowest BCUT2D eigenvalue weighted by atomic mass is 10.2. The molecule has 0 atom stereocenters. The number of benzene rings is 1. The Morgan fingerprint density at radius 1 is 1.32 bits per heavy atom. The summed E-state index contributed by atoms with van der Waals surface area (Å²) in [5, 5.41) is 13.5. The molecule has 8 nitrogen and oxygen atoms in total. The summed E-state index contributed by atoms with van der Waals surface area (Å²) in [7, 11) is 0. The number of nitrogens with zero attached hydrogens (tertiary/aromatic N) is 4. The van der Waals surface area contributed by atoms with E-state index in [9.17, 15) is 9.59 Å². The summed E-state index contributed by atoms with van der Waals surface area (Å²) in [6.07, 6.45) is 0. The van der Waals surface area contributed by atoms with E-state index in [4.69, 9.17) is 5.73 Å². The van der Waals surface area contributed by atoms with Gasteiger partial charge in [-0.1, -0.05) is 15.9 Å². The molecule has 0 aliphatic heterocycles. The average molecular weight is 325 g/mol. The number of primary amides is 1. The molecule has 0 aliphatic rings. The number of hydrogen-bond acceptors (Lipinski definition) is 5. The first-order valence-corrected chi connectivity index (χ1v) is 5.97. The summed E-state index contributed by atoms with van der Waals surface area (Å²) in [4.78, 5) is 22.8. The monoisotopic (exact) mass is 324 g/mol. The zero-order chi connectivity index (χ0) is 13.8. The van der Waals surface area contributed by atoms with Crippen LogP contribution in [0, 0.1) is 0 Å². The van der Waals surface area contributed by atoms with Crippen molar-refractivity contribution in [1.29, 1.82) is 0 Å². The van der Waals surface area contributed by atoms with Gasteiger partial charge in [0.2, 0.25) is 5.82 Å². The molecule has 98 valence electrons. The topological polar surface area (TPSA) is 116 Å². The fraction of sp³-hybridized carbons (Fsp3) is 0.100. The van der Waals surface area contributed by atoms with E-state index in [0.717, 1.165) is 14.8 Å². The van der Waals surface area contributed by atoms with Crippen LogP contribution in [-0.2, 0) is 11.3 Å². The van der Waals surface area contributed by atoms with Gasteiger partial charge in [0.05, 0.1) is 0 Å². The number of nitrogens with one attached hydrogen (secondary N) is 1. The lowest BCUT2D eigenvalue weighted by Gasteiger charge is -1.98. The molecule has 0 spiro atoms. The van der Waals surface area contributed by atoms with E-state index in [-0.39, 0.29) is 6.54 Å². The number of halogens is 1. The molecule has 1 aromatic heterocycles. The van der Waals surface area contributed by atoms with Gasteiger partial charge >= 0.3 is 6.03 Å². The van der Waals surface area contributed by atoms with Crippen LogP contribution in [0.4, 0.5) is 4.79 Å². The van der Waals surface area contributed by atoms with Crippen molar-refractivity contribution in [2.45, 2.75) is 6.54 Å². The molecule has 2 rings (SSSR count). The van der Waals surface area contributed by atoms with Gasteiger partial charge in [0.1, 0.15) is 6.54 Å². The van der Waals surface area contributed by atoms with E-state index < -0.39 is 11.9 Å². The molecule has 0 unspecified atom stereocenters. The fourth-order valence-electron chi connectivity index (χ4n) is 1.33. The Bertz CT molecular complexity index is 609. The average Bonchev–Trinajstić information content (AvgIpc) is 2.77. The maximum Gasteiger partial charge on any atom is 0.318 e. The second-order valence-electron chi connectivity index (χ2n) is 3.56. The number of carbonyl (C=O) groups is 2. The van der Waals surface area contributed by atoms with Gasteiger partial charge in [-0.25, -0.2) is 4.79 Å². The zero-order valence-corrected chi connectivity index (χ0v) is 11.2. The Hall–Kier alpha value is -2.29. The largest absolute Gasteiger partial charge is 0.351 e. The SMILES string of the molecule is NC(=O)NC(=O)Cn1nnc(-c2ccc(Br)cc2)n1. The number of rotatable bonds is 3. The molecule has 2 aromatic rings. The number of imide groups is 1. The van der Waals surface area contributed by atoms with Crippen LogP contribution in [0.25, 0.3) is 11.4 Å². The molecular formula is C10H9BrN6O2. The number of hydrogen-bond donors (Lipinski definition) is 2. The lowest BCUT2D eigenvalue weighted by Crippen LogP contribution is -2.37. The first-order chi connectivity index (χ1) is 9.04. The Balaban J connectivity index is 2.09. The highest BCUT2D eigenvalue weighted by Gasteiger charge is 2.10. The first kappa shape index (κ1) is 13.1. The number of aromatic nitrogens is 4. The van der Waals surface area contributed by atoms with E-state index in [1.807, 2.05) is 29.6 Å². The van der Waals surface area contributed by atoms with Crippen LogP contribution in [0.2, 0.25) is 0 Å². The Labute approximate surface area is 116 Å². The van der Waals surface area contributed by atoms with Gasteiger partial charge in [0.25, 0.3) is 5.91 Å². The van der Waals surface area contributed by atoms with Crippen LogP contribution in [0.3, 0.4) is 0 Å². The summed E-state index contributed by atoms with van der Waals surface area (Å²) in [6.45, 7) is -0.230. The Morgan fingerprint density at radius 3 is 2.63 bits per heavy atom. The van der Waals surface area contributed by atoms with Crippen molar-refractivity contribution >= 4 is 27.9 Å². The van der Waals surface area contributed by atoms with E-state index in [1.165, 1.54) is 0 Å². The van der Waals surface area contributed by atoms with Crippen LogP contribution < -0.4 is 11.1 Å². The molecule has 0 bridgehead atoms. The summed E-state index contributed by atoms with van der Waals surface area (Å²) in [5.74, 6) is -0.216. The predicted molar refractivity (Wildman–Crippen MR) is 68.7 cm³/mol. The number of tetrazole rings is 1. The van der Waals surface area contributed by atoms with Crippen LogP contribution in [0.5, 0.6) is 0 Å². The summed E-state index contributed by atoms with van der Waals surface area (Å²) < 4.78 is 0.935. The third kappa shape index (κ3) is 3.58. The normalized spacial score (nSPS) is 10.2.